The number of hydrogen-bond acceptors (Lipinski definition) is 3. The average molecular weight is 335 g/mol. The fraction of sp³-hybridized carbons (Fsp3) is 0.125. The third-order valence-electron chi connectivity index (χ3n) is 3.51. The largest absolute Gasteiger partial charge is 0.364 e. The van der Waals surface area contributed by atoms with Crippen molar-refractivity contribution in [2.75, 3.05) is 11.9 Å². The van der Waals surface area contributed by atoms with Gasteiger partial charge in [0.15, 0.2) is 0 Å². The Labute approximate surface area is 137 Å². The molecule has 2 aromatic carbocycles. The number of nitrogens with zero attached hydrogens (tertiary/aromatic N) is 2. The lowest BCUT2D eigenvalue weighted by Crippen LogP contribution is -2.34. The minimum absolute atomic E-state index is 0.438. The van der Waals surface area contributed by atoms with Gasteiger partial charge in [-0.25, -0.2) is 4.99 Å². The molecule has 22 heavy (non-hydrogen) atoms. The summed E-state index contributed by atoms with van der Waals surface area (Å²) in [5.74, 6) is -0.509. The first kappa shape index (κ1) is 15.0. The van der Waals surface area contributed by atoms with E-state index >= 15 is 0 Å². The van der Waals surface area contributed by atoms with Gasteiger partial charge >= 0.3 is 0 Å². The molecule has 0 radical (unpaired) electrons. The molecule has 112 valence electrons. The first-order valence-electron chi connectivity index (χ1n) is 6.57. The zero-order valence-electron chi connectivity index (χ0n) is 11.6. The molecule has 1 aliphatic heterocycles. The lowest BCUT2D eigenvalue weighted by Gasteiger charge is -2.18. The molecule has 1 aliphatic rings. The van der Waals surface area contributed by atoms with E-state index in [2.05, 4.69) is 4.99 Å². The second kappa shape index (κ2) is 5.72. The fourth-order valence-corrected chi connectivity index (χ4v) is 2.79. The monoisotopic (exact) mass is 334 g/mol. The maximum Gasteiger partial charge on any atom is 0.278 e. The summed E-state index contributed by atoms with van der Waals surface area (Å²) < 4.78 is 0. The second-order valence-corrected chi connectivity index (χ2v) is 5.73. The van der Waals surface area contributed by atoms with E-state index in [-0.39, 0.29) is 0 Å². The van der Waals surface area contributed by atoms with Gasteiger partial charge in [-0.2, -0.15) is 0 Å². The molecule has 0 aromatic heterocycles. The van der Waals surface area contributed by atoms with E-state index in [0.717, 1.165) is 0 Å². The molecule has 3 rings (SSSR count). The van der Waals surface area contributed by atoms with Crippen molar-refractivity contribution in [2.45, 2.75) is 6.23 Å². The van der Waals surface area contributed by atoms with Crippen LogP contribution in [0.5, 0.6) is 0 Å². The molecule has 0 aliphatic carbocycles. The molecule has 6 heteroatoms. The highest BCUT2D eigenvalue weighted by molar-refractivity contribution is 6.37. The maximum absolute atomic E-state index is 12.2. The van der Waals surface area contributed by atoms with E-state index in [4.69, 9.17) is 23.2 Å². The number of aliphatic imine (C=N–C) groups is 1. The minimum atomic E-state index is -1.48. The Hall–Kier alpha value is -1.88. The van der Waals surface area contributed by atoms with Crippen molar-refractivity contribution in [1.29, 1.82) is 0 Å². The second-order valence-electron chi connectivity index (χ2n) is 4.89. The van der Waals surface area contributed by atoms with Crippen molar-refractivity contribution in [2.24, 2.45) is 4.99 Å². The first-order chi connectivity index (χ1) is 10.5. The van der Waals surface area contributed by atoms with Crippen LogP contribution in [0, 0.1) is 0 Å². The Balaban J connectivity index is 2.31. The number of carbonyl (C=O) groups excluding carboxylic acids is 1. The lowest BCUT2D eigenvalue weighted by molar-refractivity contribution is -0.125. The molecule has 1 heterocycles. The van der Waals surface area contributed by atoms with Gasteiger partial charge < -0.3 is 10.0 Å². The van der Waals surface area contributed by atoms with Crippen LogP contribution in [0.1, 0.15) is 11.1 Å². The smallest absolute Gasteiger partial charge is 0.278 e. The highest BCUT2D eigenvalue weighted by atomic mass is 35.5. The molecule has 1 N–H and O–H groups in total. The molecular formula is C16H12Cl2N2O2. The first-order valence-corrected chi connectivity index (χ1v) is 7.33. The Bertz CT molecular complexity index is 789. The number of anilines is 1. The normalized spacial score (nSPS) is 17.8. The van der Waals surface area contributed by atoms with E-state index in [1.165, 1.54) is 4.90 Å². The lowest BCUT2D eigenvalue weighted by atomic mass is 10.0. The Kier molecular flexibility index (Phi) is 3.91. The van der Waals surface area contributed by atoms with Crippen LogP contribution in [0.15, 0.2) is 47.5 Å². The molecule has 0 fully saturated rings. The van der Waals surface area contributed by atoms with Gasteiger partial charge in [0.25, 0.3) is 5.91 Å². The molecule has 0 spiro atoms. The summed E-state index contributed by atoms with van der Waals surface area (Å²) in [6, 6.07) is 12.3. The van der Waals surface area contributed by atoms with Crippen molar-refractivity contribution in [1.82, 2.24) is 0 Å². The molecule has 1 atom stereocenters. The van der Waals surface area contributed by atoms with Crippen LogP contribution in [0.2, 0.25) is 10.0 Å². The quantitative estimate of drug-likeness (QED) is 0.871. The predicted molar refractivity (Wildman–Crippen MR) is 88.0 cm³/mol. The van der Waals surface area contributed by atoms with Gasteiger partial charge in [0.2, 0.25) is 6.23 Å². The molecule has 1 amide bonds. The van der Waals surface area contributed by atoms with Crippen molar-refractivity contribution >= 4 is 40.5 Å². The highest BCUT2D eigenvalue weighted by Crippen LogP contribution is 2.31. The molecule has 0 saturated carbocycles. The summed E-state index contributed by atoms with van der Waals surface area (Å²) in [5, 5.41) is 11.0. The summed E-state index contributed by atoms with van der Waals surface area (Å²) in [6.45, 7) is 0. The van der Waals surface area contributed by atoms with Crippen LogP contribution >= 0.6 is 23.2 Å². The highest BCUT2D eigenvalue weighted by Gasteiger charge is 2.29. The van der Waals surface area contributed by atoms with Crippen molar-refractivity contribution in [3.8, 4) is 0 Å². The van der Waals surface area contributed by atoms with Crippen molar-refractivity contribution in [3.63, 3.8) is 0 Å². The zero-order valence-corrected chi connectivity index (χ0v) is 13.1. The summed E-state index contributed by atoms with van der Waals surface area (Å²) in [6.07, 6.45) is -1.48. The van der Waals surface area contributed by atoms with Gasteiger partial charge in [0.1, 0.15) is 0 Å². The average Bonchev–Trinajstić information content (AvgIpc) is 2.59. The zero-order chi connectivity index (χ0) is 15.9. The minimum Gasteiger partial charge on any atom is -0.364 e. The number of likely N-dealkylation sites (N-methyl/N-ethyl adjacent to an activating group) is 1. The van der Waals surface area contributed by atoms with Crippen molar-refractivity contribution < 1.29 is 9.90 Å². The number of aliphatic hydroxyl groups is 1. The summed E-state index contributed by atoms with van der Waals surface area (Å²) >= 11 is 12.3. The number of aliphatic hydroxyl groups excluding tert-OH is 1. The Morgan fingerprint density at radius 2 is 1.86 bits per heavy atom. The standard InChI is InChI=1S/C16H12Cl2N2O2/c1-20-13-7-6-9(17)8-11(13)14(19-15(21)16(20)22)10-4-2-3-5-12(10)18/h2-8,15,21H,1H3/t15-/m1/s1. The van der Waals surface area contributed by atoms with E-state index in [1.807, 2.05) is 6.07 Å². The topological polar surface area (TPSA) is 52.9 Å². The van der Waals surface area contributed by atoms with E-state index in [9.17, 15) is 9.90 Å². The van der Waals surface area contributed by atoms with E-state index < -0.39 is 12.1 Å². The van der Waals surface area contributed by atoms with Gasteiger partial charge in [-0.3, -0.25) is 4.79 Å². The van der Waals surface area contributed by atoms with E-state index in [1.54, 1.807) is 43.4 Å². The molecule has 0 saturated heterocycles. The van der Waals surface area contributed by atoms with Crippen molar-refractivity contribution in [3.05, 3.63) is 63.6 Å². The summed E-state index contributed by atoms with van der Waals surface area (Å²) in [7, 11) is 1.59. The fourth-order valence-electron chi connectivity index (χ4n) is 2.40. The molecule has 2 aromatic rings. The van der Waals surface area contributed by atoms with Crippen LogP contribution in [0.25, 0.3) is 0 Å². The Morgan fingerprint density at radius 1 is 1.14 bits per heavy atom. The van der Waals surface area contributed by atoms with E-state index in [0.29, 0.717) is 32.6 Å². The van der Waals surface area contributed by atoms with Crippen LogP contribution in [-0.4, -0.2) is 30.0 Å². The number of amides is 1. The number of rotatable bonds is 1. The van der Waals surface area contributed by atoms with Gasteiger partial charge in [-0.15, -0.1) is 0 Å². The number of hydrogen-bond donors (Lipinski definition) is 1. The van der Waals surface area contributed by atoms with Crippen LogP contribution in [0.3, 0.4) is 0 Å². The number of benzodiazepines with no additional fused rings is 1. The van der Waals surface area contributed by atoms with Gasteiger partial charge in [-0.05, 0) is 24.3 Å². The van der Waals surface area contributed by atoms with Crippen LogP contribution in [-0.2, 0) is 4.79 Å². The number of fused-ring (bicyclic) bond motifs is 1. The number of carbonyl (C=O) groups is 1. The molecular weight excluding hydrogens is 323 g/mol. The summed E-state index contributed by atoms with van der Waals surface area (Å²) in [5.41, 5.74) is 2.33. The van der Waals surface area contributed by atoms with Crippen LogP contribution in [0.4, 0.5) is 5.69 Å². The molecule has 4 nitrogen and oxygen atoms in total. The van der Waals surface area contributed by atoms with Gasteiger partial charge in [0.05, 0.1) is 11.4 Å². The third-order valence-corrected chi connectivity index (χ3v) is 4.07. The predicted octanol–water partition coefficient (Wildman–Crippen LogP) is 3.13. The molecule has 0 unspecified atom stereocenters. The van der Waals surface area contributed by atoms with Gasteiger partial charge in [-0.1, -0.05) is 41.4 Å². The Morgan fingerprint density at radius 3 is 2.59 bits per heavy atom. The summed E-state index contributed by atoms with van der Waals surface area (Å²) in [4.78, 5) is 17.7. The number of benzene rings is 2. The number of halogens is 2. The SMILES string of the molecule is CN1C(=O)[C@@H](O)N=C(c2ccccc2Cl)c2cc(Cl)ccc21. The third kappa shape index (κ3) is 2.50. The van der Waals surface area contributed by atoms with Crippen LogP contribution < -0.4 is 4.90 Å². The molecule has 0 bridgehead atoms. The van der Waals surface area contributed by atoms with Gasteiger partial charge in [0, 0.05) is 28.2 Å². The maximum atomic E-state index is 12.2.